The highest BCUT2D eigenvalue weighted by Crippen LogP contribution is 2.63. The number of halogens is 1. The summed E-state index contributed by atoms with van der Waals surface area (Å²) in [5.74, 6) is 1.76. The largest absolute Gasteiger partial charge is 0.378 e. The molecule has 4 heteroatoms. The molecule has 1 amide bonds. The fourth-order valence-electron chi connectivity index (χ4n) is 6.37. The quantitative estimate of drug-likeness (QED) is 0.524. The Morgan fingerprint density at radius 2 is 1.71 bits per heavy atom. The minimum absolute atomic E-state index is 0.213. The van der Waals surface area contributed by atoms with E-state index in [1.165, 1.54) is 36.5 Å². The van der Waals surface area contributed by atoms with Crippen LogP contribution < -0.4 is 10.6 Å². The summed E-state index contributed by atoms with van der Waals surface area (Å²) in [7, 11) is 0. The lowest BCUT2D eigenvalue weighted by Gasteiger charge is -2.43. The number of nitrogens with one attached hydrogen (secondary N) is 2. The van der Waals surface area contributed by atoms with Crippen molar-refractivity contribution in [3.05, 3.63) is 95.3 Å². The Kier molecular flexibility index (Phi) is 4.34. The maximum absolute atomic E-state index is 14.0. The summed E-state index contributed by atoms with van der Waals surface area (Å²) in [4.78, 5) is 12.9. The smallest absolute Gasteiger partial charge is 0.255 e. The zero-order valence-corrected chi connectivity index (χ0v) is 17.2. The van der Waals surface area contributed by atoms with Gasteiger partial charge in [0, 0.05) is 11.3 Å². The molecule has 6 rings (SSSR count). The van der Waals surface area contributed by atoms with Crippen LogP contribution in [0.3, 0.4) is 0 Å². The molecular formula is C27H25FN2O. The average molecular weight is 413 g/mol. The van der Waals surface area contributed by atoms with E-state index in [-0.39, 0.29) is 11.6 Å². The summed E-state index contributed by atoms with van der Waals surface area (Å²) in [6, 6.07) is 23.3. The normalized spacial score (nSPS) is 27.8. The van der Waals surface area contributed by atoms with Crippen molar-refractivity contribution in [3.8, 4) is 0 Å². The molecule has 1 heterocycles. The Hall–Kier alpha value is -3.14. The Morgan fingerprint density at radius 3 is 2.55 bits per heavy atom. The fourth-order valence-corrected chi connectivity index (χ4v) is 6.37. The lowest BCUT2D eigenvalue weighted by molar-refractivity contribution is 0.102. The van der Waals surface area contributed by atoms with E-state index in [9.17, 15) is 9.18 Å². The van der Waals surface area contributed by atoms with E-state index in [1.54, 1.807) is 18.2 Å². The van der Waals surface area contributed by atoms with Gasteiger partial charge in [-0.05, 0) is 84.4 Å². The van der Waals surface area contributed by atoms with Crippen LogP contribution in [0.25, 0.3) is 0 Å². The van der Waals surface area contributed by atoms with Gasteiger partial charge in [0.25, 0.3) is 5.91 Å². The van der Waals surface area contributed by atoms with E-state index in [0.29, 0.717) is 29.4 Å². The lowest BCUT2D eigenvalue weighted by atomic mass is 9.68. The van der Waals surface area contributed by atoms with E-state index < -0.39 is 5.82 Å². The number of hydrogen-bond acceptors (Lipinski definition) is 2. The van der Waals surface area contributed by atoms with Gasteiger partial charge in [-0.3, -0.25) is 4.79 Å². The highest BCUT2D eigenvalue weighted by Gasteiger charge is 2.53. The van der Waals surface area contributed by atoms with Crippen LogP contribution in [0.5, 0.6) is 0 Å². The van der Waals surface area contributed by atoms with Crippen molar-refractivity contribution in [2.45, 2.75) is 31.2 Å². The predicted molar refractivity (Wildman–Crippen MR) is 121 cm³/mol. The molecule has 2 fully saturated rings. The van der Waals surface area contributed by atoms with Crippen LogP contribution in [0.1, 0.15) is 52.7 Å². The maximum Gasteiger partial charge on any atom is 0.255 e. The van der Waals surface area contributed by atoms with Crippen LogP contribution in [0.2, 0.25) is 0 Å². The van der Waals surface area contributed by atoms with Crippen molar-refractivity contribution in [1.82, 2.24) is 0 Å². The first-order chi connectivity index (χ1) is 15.2. The molecule has 3 aromatic carbocycles. The van der Waals surface area contributed by atoms with Crippen molar-refractivity contribution >= 4 is 17.3 Å². The van der Waals surface area contributed by atoms with E-state index in [4.69, 9.17) is 0 Å². The van der Waals surface area contributed by atoms with Gasteiger partial charge in [-0.2, -0.15) is 0 Å². The molecular weight excluding hydrogens is 387 g/mol. The van der Waals surface area contributed by atoms with E-state index >= 15 is 0 Å². The zero-order valence-electron chi connectivity index (χ0n) is 17.2. The molecule has 0 radical (unpaired) electrons. The number of hydrogen-bond donors (Lipinski definition) is 2. The Balaban J connectivity index is 1.36. The molecule has 2 aliphatic carbocycles. The summed E-state index contributed by atoms with van der Waals surface area (Å²) in [5, 5.41) is 6.53. The Labute approximate surface area is 181 Å². The Morgan fingerprint density at radius 1 is 0.935 bits per heavy atom. The number of rotatable bonds is 3. The zero-order chi connectivity index (χ0) is 20.9. The van der Waals surface area contributed by atoms with Gasteiger partial charge in [-0.25, -0.2) is 4.39 Å². The minimum Gasteiger partial charge on any atom is -0.378 e. The number of fused-ring (bicyclic) bond motifs is 7. The van der Waals surface area contributed by atoms with Gasteiger partial charge in [0.1, 0.15) is 5.82 Å². The fraction of sp³-hybridized carbons (Fsp3) is 0.296. The average Bonchev–Trinajstić information content (AvgIpc) is 3.43. The lowest BCUT2D eigenvalue weighted by Crippen LogP contribution is -2.35. The van der Waals surface area contributed by atoms with E-state index in [0.717, 1.165) is 11.6 Å². The molecule has 3 aromatic rings. The van der Waals surface area contributed by atoms with Crippen molar-refractivity contribution in [1.29, 1.82) is 0 Å². The van der Waals surface area contributed by atoms with E-state index in [2.05, 4.69) is 41.0 Å². The number of anilines is 2. The van der Waals surface area contributed by atoms with Gasteiger partial charge in [0.05, 0.1) is 11.7 Å². The molecule has 156 valence electrons. The van der Waals surface area contributed by atoms with Gasteiger partial charge in [-0.15, -0.1) is 0 Å². The third kappa shape index (κ3) is 3.04. The van der Waals surface area contributed by atoms with E-state index in [1.807, 2.05) is 18.2 Å². The topological polar surface area (TPSA) is 41.1 Å². The summed E-state index contributed by atoms with van der Waals surface area (Å²) >= 11 is 0. The summed E-state index contributed by atoms with van der Waals surface area (Å²) in [6.07, 6.45) is 3.86. The minimum atomic E-state index is -0.422. The van der Waals surface area contributed by atoms with Crippen molar-refractivity contribution in [3.63, 3.8) is 0 Å². The van der Waals surface area contributed by atoms with Crippen molar-refractivity contribution in [2.24, 2.45) is 17.8 Å². The maximum atomic E-state index is 14.0. The molecule has 2 N–H and O–H groups in total. The predicted octanol–water partition coefficient (Wildman–Crippen LogP) is 6.37. The highest BCUT2D eigenvalue weighted by molar-refractivity contribution is 6.04. The van der Waals surface area contributed by atoms with Crippen LogP contribution >= 0.6 is 0 Å². The first-order valence-corrected chi connectivity index (χ1v) is 11.2. The van der Waals surface area contributed by atoms with Crippen LogP contribution in [-0.4, -0.2) is 5.91 Å². The SMILES string of the molecule is O=C(Nc1ccccc1F)c1ccc2c(c1)[C@@H]1[C@H]3CC[C@H](C3)[C@H]1[C@H](c1ccccc1)N2. The van der Waals surface area contributed by atoms with Crippen LogP contribution in [0.4, 0.5) is 15.8 Å². The van der Waals surface area contributed by atoms with Gasteiger partial charge >= 0.3 is 0 Å². The van der Waals surface area contributed by atoms with Crippen LogP contribution in [0, 0.1) is 23.6 Å². The second-order valence-electron chi connectivity index (χ2n) is 9.21. The van der Waals surface area contributed by atoms with Crippen molar-refractivity contribution < 1.29 is 9.18 Å². The molecule has 0 saturated heterocycles. The molecule has 2 saturated carbocycles. The number of para-hydroxylation sites is 1. The summed E-state index contributed by atoms with van der Waals surface area (Å²) < 4.78 is 14.0. The molecule has 0 aromatic heterocycles. The molecule has 31 heavy (non-hydrogen) atoms. The third-order valence-corrected chi connectivity index (χ3v) is 7.63. The van der Waals surface area contributed by atoms with Crippen molar-refractivity contribution in [2.75, 3.05) is 10.6 Å². The molecule has 3 nitrogen and oxygen atoms in total. The second kappa shape index (κ2) is 7.23. The molecule has 2 bridgehead atoms. The molecule has 0 unspecified atom stereocenters. The molecule has 3 aliphatic rings. The third-order valence-electron chi connectivity index (χ3n) is 7.63. The van der Waals surface area contributed by atoms with Gasteiger partial charge in [0.2, 0.25) is 0 Å². The van der Waals surface area contributed by atoms with Gasteiger partial charge < -0.3 is 10.6 Å². The van der Waals surface area contributed by atoms with Crippen LogP contribution in [0.15, 0.2) is 72.8 Å². The molecule has 0 spiro atoms. The highest BCUT2D eigenvalue weighted by atomic mass is 19.1. The first kappa shape index (κ1) is 18.6. The first-order valence-electron chi connectivity index (χ1n) is 11.2. The standard InChI is InChI=1S/C27H25FN2O/c28-21-8-4-5-9-23(21)30-27(31)19-12-13-22-20(15-19)24-17-10-11-18(14-17)25(24)26(29-22)16-6-2-1-3-7-16/h1-9,12-13,15,17-18,24-26,29H,10-11,14H2,(H,30,31)/t17-,18+,24-,25+,26-/m0/s1. The number of carbonyl (C=O) groups is 1. The van der Waals surface area contributed by atoms with Gasteiger partial charge in [0.15, 0.2) is 0 Å². The summed E-state index contributed by atoms with van der Waals surface area (Å²) in [5.41, 5.74) is 4.53. The number of amides is 1. The second-order valence-corrected chi connectivity index (χ2v) is 9.21. The number of carbonyl (C=O) groups excluding carboxylic acids is 1. The number of benzene rings is 3. The molecule has 5 atom stereocenters. The van der Waals surface area contributed by atoms with Gasteiger partial charge in [-0.1, -0.05) is 42.5 Å². The monoisotopic (exact) mass is 412 g/mol. The molecule has 1 aliphatic heterocycles. The summed E-state index contributed by atoms with van der Waals surface area (Å²) in [6.45, 7) is 0. The van der Waals surface area contributed by atoms with Crippen LogP contribution in [-0.2, 0) is 0 Å². The Bertz CT molecular complexity index is 1140.